The fourth-order valence-corrected chi connectivity index (χ4v) is 7.20. The minimum atomic E-state index is 0.628. The molecule has 3 aliphatic rings. The standard InChI is InChI=1S/C31H39N7OS/c1-21-4-3-5-24(18-21)26-10-13-38(35-26)31-33-28-22(2)27(40-29(28)30(34-31)37-14-16-39-17-15-37)20-36-11-8-25(9-12-36)32-19-23-6-7-23/h3-5,10,13,18,23,25,32H,6-9,11-12,14-17,19-20H2,1-2H3. The third-order valence-corrected chi connectivity index (χ3v) is 9.86. The van der Waals surface area contributed by atoms with E-state index in [1.165, 1.54) is 52.9 Å². The maximum absolute atomic E-state index is 5.67. The van der Waals surface area contributed by atoms with Gasteiger partial charge >= 0.3 is 0 Å². The van der Waals surface area contributed by atoms with Crippen LogP contribution in [0, 0.1) is 19.8 Å². The summed E-state index contributed by atoms with van der Waals surface area (Å²) in [7, 11) is 0. The second-order valence-electron chi connectivity index (χ2n) is 11.7. The molecule has 1 aromatic carbocycles. The van der Waals surface area contributed by atoms with Crippen LogP contribution in [0.5, 0.6) is 0 Å². The van der Waals surface area contributed by atoms with E-state index in [1.54, 1.807) is 0 Å². The third-order valence-electron chi connectivity index (χ3n) is 8.60. The first-order valence-electron chi connectivity index (χ1n) is 14.8. The molecular weight excluding hydrogens is 518 g/mol. The Labute approximate surface area is 240 Å². The number of thiophene rings is 1. The van der Waals surface area contributed by atoms with Crippen molar-refractivity contribution in [1.29, 1.82) is 0 Å². The van der Waals surface area contributed by atoms with Crippen molar-refractivity contribution in [2.45, 2.75) is 52.1 Å². The molecule has 5 heterocycles. The summed E-state index contributed by atoms with van der Waals surface area (Å²) in [4.78, 5) is 16.6. The van der Waals surface area contributed by atoms with E-state index in [-0.39, 0.29) is 0 Å². The Bertz CT molecular complexity index is 1480. The van der Waals surface area contributed by atoms with Crippen LogP contribution in [0.2, 0.25) is 0 Å². The fraction of sp³-hybridized carbons (Fsp3) is 0.516. The van der Waals surface area contributed by atoms with E-state index < -0.39 is 0 Å². The molecule has 1 saturated carbocycles. The van der Waals surface area contributed by atoms with Crippen molar-refractivity contribution >= 4 is 27.4 Å². The van der Waals surface area contributed by atoms with Gasteiger partial charge in [-0.05, 0) is 82.8 Å². The number of fused-ring (bicyclic) bond motifs is 1. The molecule has 0 radical (unpaired) electrons. The van der Waals surface area contributed by atoms with Crippen LogP contribution in [0.3, 0.4) is 0 Å². The Morgan fingerprint density at radius 1 is 1.00 bits per heavy atom. The van der Waals surface area contributed by atoms with Crippen molar-refractivity contribution in [2.75, 3.05) is 50.8 Å². The number of aromatic nitrogens is 4. The van der Waals surface area contributed by atoms with Gasteiger partial charge in [0.15, 0.2) is 5.82 Å². The zero-order valence-electron chi connectivity index (χ0n) is 23.6. The third kappa shape index (κ3) is 5.52. The van der Waals surface area contributed by atoms with Crippen molar-refractivity contribution in [2.24, 2.45) is 5.92 Å². The SMILES string of the molecule is Cc1cccc(-c2ccn(-c3nc(N4CCOCC4)c4sc(CN5CCC(NCC6CC6)CC5)c(C)c4n3)n2)c1. The minimum Gasteiger partial charge on any atom is -0.378 e. The first-order chi connectivity index (χ1) is 19.6. The van der Waals surface area contributed by atoms with Crippen LogP contribution >= 0.6 is 11.3 Å². The van der Waals surface area contributed by atoms with Gasteiger partial charge in [-0.2, -0.15) is 10.1 Å². The van der Waals surface area contributed by atoms with Crippen LogP contribution in [0.25, 0.3) is 27.4 Å². The molecule has 2 aliphatic heterocycles. The van der Waals surface area contributed by atoms with Crippen LogP contribution in [0.15, 0.2) is 36.5 Å². The molecule has 210 valence electrons. The number of likely N-dealkylation sites (tertiary alicyclic amines) is 1. The van der Waals surface area contributed by atoms with Crippen molar-refractivity contribution in [3.63, 3.8) is 0 Å². The van der Waals surface area contributed by atoms with Gasteiger partial charge in [-0.15, -0.1) is 11.3 Å². The smallest absolute Gasteiger partial charge is 0.253 e. The van der Waals surface area contributed by atoms with Crippen molar-refractivity contribution < 1.29 is 4.74 Å². The van der Waals surface area contributed by atoms with E-state index in [0.717, 1.165) is 74.4 Å². The van der Waals surface area contributed by atoms with Crippen LogP contribution in [0.4, 0.5) is 5.82 Å². The minimum absolute atomic E-state index is 0.628. The summed E-state index contributed by atoms with van der Waals surface area (Å²) >= 11 is 1.87. The second kappa shape index (κ2) is 11.2. The zero-order valence-corrected chi connectivity index (χ0v) is 24.4. The number of morpholine rings is 1. The summed E-state index contributed by atoms with van der Waals surface area (Å²) in [6.45, 7) is 12.0. The fourth-order valence-electron chi connectivity index (χ4n) is 5.90. The lowest BCUT2D eigenvalue weighted by molar-refractivity contribution is 0.122. The lowest BCUT2D eigenvalue weighted by atomic mass is 10.0. The van der Waals surface area contributed by atoms with Gasteiger partial charge in [0.2, 0.25) is 0 Å². The molecule has 0 spiro atoms. The first-order valence-corrected chi connectivity index (χ1v) is 15.6. The molecule has 0 bridgehead atoms. The number of hydrogen-bond donors (Lipinski definition) is 1. The van der Waals surface area contributed by atoms with Crippen molar-refractivity contribution in [1.82, 2.24) is 30.0 Å². The number of ether oxygens (including phenoxy) is 1. The Balaban J connectivity index is 1.17. The first kappa shape index (κ1) is 26.1. The molecule has 3 aromatic heterocycles. The normalized spacial score (nSPS) is 19.1. The number of nitrogens with one attached hydrogen (secondary N) is 1. The summed E-state index contributed by atoms with van der Waals surface area (Å²) < 4.78 is 8.69. The number of anilines is 1. The van der Waals surface area contributed by atoms with E-state index in [9.17, 15) is 0 Å². The highest BCUT2D eigenvalue weighted by molar-refractivity contribution is 7.19. The van der Waals surface area contributed by atoms with Gasteiger partial charge in [-0.1, -0.05) is 23.8 Å². The molecule has 0 atom stereocenters. The number of nitrogens with zero attached hydrogens (tertiary/aromatic N) is 6. The van der Waals surface area contributed by atoms with Crippen LogP contribution < -0.4 is 10.2 Å². The Morgan fingerprint density at radius 2 is 1.82 bits per heavy atom. The number of piperidine rings is 1. The van der Waals surface area contributed by atoms with Gasteiger partial charge in [-0.3, -0.25) is 4.90 Å². The monoisotopic (exact) mass is 557 g/mol. The molecule has 4 aromatic rings. The summed E-state index contributed by atoms with van der Waals surface area (Å²) in [6, 6.07) is 11.2. The summed E-state index contributed by atoms with van der Waals surface area (Å²) in [6.07, 6.45) is 7.29. The van der Waals surface area contributed by atoms with Gasteiger partial charge in [0.25, 0.3) is 5.95 Å². The van der Waals surface area contributed by atoms with Gasteiger partial charge in [0.05, 0.1) is 29.1 Å². The Hall–Kier alpha value is -2.85. The molecule has 1 N–H and O–H groups in total. The average molecular weight is 558 g/mol. The lowest BCUT2D eigenvalue weighted by Gasteiger charge is -2.32. The van der Waals surface area contributed by atoms with Crippen molar-refractivity contribution in [3.8, 4) is 17.2 Å². The number of rotatable bonds is 8. The zero-order chi connectivity index (χ0) is 27.1. The van der Waals surface area contributed by atoms with E-state index in [1.807, 2.05) is 28.3 Å². The number of hydrogen-bond acceptors (Lipinski definition) is 8. The Morgan fingerprint density at radius 3 is 2.60 bits per heavy atom. The van der Waals surface area contributed by atoms with Crippen molar-refractivity contribution in [3.05, 3.63) is 52.5 Å². The highest BCUT2D eigenvalue weighted by Gasteiger charge is 2.26. The van der Waals surface area contributed by atoms with Crippen LogP contribution in [-0.4, -0.2) is 76.6 Å². The summed E-state index contributed by atoms with van der Waals surface area (Å²) in [5.74, 6) is 2.59. The molecule has 3 fully saturated rings. The molecular formula is C31H39N7OS. The van der Waals surface area contributed by atoms with E-state index in [2.05, 4.69) is 53.2 Å². The highest BCUT2D eigenvalue weighted by atomic mass is 32.1. The molecule has 7 rings (SSSR count). The summed E-state index contributed by atoms with van der Waals surface area (Å²) in [5.41, 5.74) is 5.59. The average Bonchev–Trinajstić information content (AvgIpc) is 3.59. The quantitative estimate of drug-likeness (QED) is 0.328. The van der Waals surface area contributed by atoms with E-state index in [4.69, 9.17) is 19.8 Å². The molecule has 0 amide bonds. The van der Waals surface area contributed by atoms with E-state index >= 15 is 0 Å². The van der Waals surface area contributed by atoms with Crippen LogP contribution in [0.1, 0.15) is 41.7 Å². The second-order valence-corrected chi connectivity index (χ2v) is 12.8. The molecule has 40 heavy (non-hydrogen) atoms. The van der Waals surface area contributed by atoms with Gasteiger partial charge in [0.1, 0.15) is 0 Å². The predicted octanol–water partition coefficient (Wildman–Crippen LogP) is 4.96. The largest absolute Gasteiger partial charge is 0.378 e. The molecule has 1 aliphatic carbocycles. The molecule has 9 heteroatoms. The molecule has 2 saturated heterocycles. The number of benzene rings is 1. The Kier molecular flexibility index (Phi) is 7.30. The van der Waals surface area contributed by atoms with Gasteiger partial charge in [0, 0.05) is 42.3 Å². The molecule has 8 nitrogen and oxygen atoms in total. The number of aryl methyl sites for hydroxylation is 2. The van der Waals surface area contributed by atoms with Gasteiger partial charge < -0.3 is 15.0 Å². The lowest BCUT2D eigenvalue weighted by Crippen LogP contribution is -2.42. The molecule has 0 unspecified atom stereocenters. The maximum Gasteiger partial charge on any atom is 0.253 e. The van der Waals surface area contributed by atoms with Crippen LogP contribution in [-0.2, 0) is 11.3 Å². The van der Waals surface area contributed by atoms with Gasteiger partial charge in [-0.25, -0.2) is 9.67 Å². The highest BCUT2D eigenvalue weighted by Crippen LogP contribution is 2.37. The summed E-state index contributed by atoms with van der Waals surface area (Å²) in [5, 5.41) is 8.70. The topological polar surface area (TPSA) is 71.3 Å². The predicted molar refractivity (Wildman–Crippen MR) is 162 cm³/mol. The maximum atomic E-state index is 5.67. The van der Waals surface area contributed by atoms with E-state index in [0.29, 0.717) is 12.0 Å².